The van der Waals surface area contributed by atoms with Gasteiger partial charge in [0.15, 0.2) is 5.82 Å². The predicted molar refractivity (Wildman–Crippen MR) is 134 cm³/mol. The molecule has 0 saturated carbocycles. The quantitative estimate of drug-likeness (QED) is 0.336. The highest BCUT2D eigenvalue weighted by atomic mass is 35.5. The van der Waals surface area contributed by atoms with Gasteiger partial charge in [-0.15, -0.1) is 16.4 Å². The van der Waals surface area contributed by atoms with E-state index in [1.807, 2.05) is 55.6 Å². The van der Waals surface area contributed by atoms with Crippen molar-refractivity contribution in [3.05, 3.63) is 91.7 Å². The topological polar surface area (TPSA) is 71.8 Å². The number of benzene rings is 2. The van der Waals surface area contributed by atoms with Gasteiger partial charge in [-0.1, -0.05) is 41.4 Å². The second kappa shape index (κ2) is 8.67. The maximum absolute atomic E-state index is 13.5. The lowest BCUT2D eigenvalue weighted by Gasteiger charge is -2.28. The predicted octanol–water partition coefficient (Wildman–Crippen LogP) is 6.55. The number of anilines is 2. The van der Waals surface area contributed by atoms with Crippen LogP contribution in [0.3, 0.4) is 0 Å². The molecular weight excluding hydrogens is 477 g/mol. The van der Waals surface area contributed by atoms with Crippen LogP contribution in [0.25, 0.3) is 11.4 Å². The molecule has 1 unspecified atom stereocenters. The molecule has 166 valence electrons. The first-order chi connectivity index (χ1) is 15.9. The van der Waals surface area contributed by atoms with Gasteiger partial charge in [-0.05, 0) is 61.2 Å². The molecule has 1 aliphatic rings. The number of rotatable bonds is 4. The first-order valence-electron chi connectivity index (χ1n) is 10.2. The van der Waals surface area contributed by atoms with E-state index in [4.69, 9.17) is 28.3 Å². The maximum Gasteiger partial charge on any atom is 0.255 e. The van der Waals surface area contributed by atoms with Crippen molar-refractivity contribution in [1.82, 2.24) is 14.8 Å². The lowest BCUT2D eigenvalue weighted by Crippen LogP contribution is -2.31. The molecule has 6 nitrogen and oxygen atoms in total. The van der Waals surface area contributed by atoms with Gasteiger partial charge in [0.1, 0.15) is 6.04 Å². The molecule has 5 rings (SSSR count). The lowest BCUT2D eigenvalue weighted by atomic mass is 9.99. The van der Waals surface area contributed by atoms with Crippen LogP contribution >= 0.6 is 34.5 Å². The summed E-state index contributed by atoms with van der Waals surface area (Å²) in [6, 6.07) is 16.2. The standard InChI is InChI=1S/C24H19Cl2N5OS/c1-13-10-11-33-21(13)20-19(23(32)28-16-6-4-3-5-7-16)14(2)27-24-29-22(30-31(20)24)17-9-8-15(25)12-18(17)26/h3-12,20H,1-2H3,(H,28,32)(H,27,29,30). The zero-order valence-corrected chi connectivity index (χ0v) is 20.1. The van der Waals surface area contributed by atoms with Gasteiger partial charge in [-0.3, -0.25) is 4.79 Å². The van der Waals surface area contributed by atoms with Crippen LogP contribution in [0.2, 0.25) is 10.0 Å². The molecule has 0 saturated heterocycles. The highest BCUT2D eigenvalue weighted by molar-refractivity contribution is 7.10. The Morgan fingerprint density at radius 2 is 1.91 bits per heavy atom. The summed E-state index contributed by atoms with van der Waals surface area (Å²) in [6.45, 7) is 3.91. The molecule has 0 aliphatic carbocycles. The molecule has 33 heavy (non-hydrogen) atoms. The van der Waals surface area contributed by atoms with Crippen LogP contribution in [0.4, 0.5) is 11.6 Å². The first kappa shape index (κ1) is 21.7. The molecule has 0 radical (unpaired) electrons. The number of allylic oxidation sites excluding steroid dienone is 1. The van der Waals surface area contributed by atoms with Gasteiger partial charge in [0.05, 0.1) is 10.6 Å². The van der Waals surface area contributed by atoms with E-state index in [9.17, 15) is 4.79 Å². The molecule has 1 amide bonds. The van der Waals surface area contributed by atoms with Crippen molar-refractivity contribution in [2.75, 3.05) is 10.6 Å². The number of carbonyl (C=O) groups excluding carboxylic acids is 1. The summed E-state index contributed by atoms with van der Waals surface area (Å²) in [4.78, 5) is 19.2. The van der Waals surface area contributed by atoms with E-state index in [2.05, 4.69) is 15.6 Å². The molecule has 1 aliphatic heterocycles. The van der Waals surface area contributed by atoms with E-state index < -0.39 is 6.04 Å². The molecule has 3 heterocycles. The number of fused-ring (bicyclic) bond motifs is 1. The Kier molecular flexibility index (Phi) is 5.70. The molecule has 0 fully saturated rings. The third kappa shape index (κ3) is 4.04. The summed E-state index contributed by atoms with van der Waals surface area (Å²) in [5.41, 5.74) is 3.77. The number of aryl methyl sites for hydroxylation is 1. The van der Waals surface area contributed by atoms with Gasteiger partial charge >= 0.3 is 0 Å². The van der Waals surface area contributed by atoms with E-state index in [0.717, 1.165) is 21.8 Å². The van der Waals surface area contributed by atoms with Crippen LogP contribution in [0.1, 0.15) is 23.4 Å². The van der Waals surface area contributed by atoms with E-state index in [0.29, 0.717) is 33.0 Å². The minimum atomic E-state index is -0.433. The van der Waals surface area contributed by atoms with Crippen molar-refractivity contribution < 1.29 is 4.79 Å². The van der Waals surface area contributed by atoms with Gasteiger partial charge in [0, 0.05) is 26.8 Å². The summed E-state index contributed by atoms with van der Waals surface area (Å²) in [6.07, 6.45) is 0. The van der Waals surface area contributed by atoms with E-state index in [1.165, 1.54) is 0 Å². The molecule has 0 spiro atoms. The molecule has 2 aromatic heterocycles. The van der Waals surface area contributed by atoms with Gasteiger partial charge in [-0.2, -0.15) is 4.98 Å². The Balaban J connectivity index is 1.61. The molecule has 2 N–H and O–H groups in total. The average Bonchev–Trinajstić information content (AvgIpc) is 3.39. The molecule has 9 heteroatoms. The maximum atomic E-state index is 13.5. The Hall–Kier alpha value is -3.13. The smallest absolute Gasteiger partial charge is 0.255 e. The second-order valence-electron chi connectivity index (χ2n) is 7.68. The number of nitrogens with one attached hydrogen (secondary N) is 2. The van der Waals surface area contributed by atoms with Crippen LogP contribution in [0, 0.1) is 6.92 Å². The van der Waals surface area contributed by atoms with E-state index in [1.54, 1.807) is 34.2 Å². The van der Waals surface area contributed by atoms with Crippen molar-refractivity contribution in [1.29, 1.82) is 0 Å². The number of hydrogen-bond donors (Lipinski definition) is 2. The Bertz CT molecular complexity index is 1390. The SMILES string of the molecule is CC1=C(C(=O)Nc2ccccc2)C(c2sccc2C)n2nc(-c3ccc(Cl)cc3Cl)nc2N1. The van der Waals surface area contributed by atoms with Crippen molar-refractivity contribution in [3.63, 3.8) is 0 Å². The number of nitrogens with zero attached hydrogens (tertiary/aromatic N) is 3. The zero-order valence-electron chi connectivity index (χ0n) is 17.8. The number of thiophene rings is 1. The molecule has 2 aromatic carbocycles. The van der Waals surface area contributed by atoms with E-state index >= 15 is 0 Å². The van der Waals surface area contributed by atoms with Crippen molar-refractivity contribution in [2.45, 2.75) is 19.9 Å². The number of aromatic nitrogens is 3. The fourth-order valence-corrected chi connectivity index (χ4v) is 5.37. The normalized spacial score (nSPS) is 15.2. The molecular formula is C24H19Cl2N5OS. The van der Waals surface area contributed by atoms with Crippen molar-refractivity contribution >= 4 is 52.1 Å². The second-order valence-corrected chi connectivity index (χ2v) is 9.47. The average molecular weight is 496 g/mol. The summed E-state index contributed by atoms with van der Waals surface area (Å²) in [5, 5.41) is 14.0. The van der Waals surface area contributed by atoms with Gasteiger partial charge in [0.2, 0.25) is 5.95 Å². The minimum Gasteiger partial charge on any atom is -0.328 e. The largest absolute Gasteiger partial charge is 0.328 e. The first-order valence-corrected chi connectivity index (χ1v) is 11.9. The number of amides is 1. The number of carbonyl (C=O) groups is 1. The zero-order chi connectivity index (χ0) is 23.1. The number of para-hydroxylation sites is 1. The van der Waals surface area contributed by atoms with E-state index in [-0.39, 0.29) is 5.91 Å². The fraction of sp³-hybridized carbons (Fsp3) is 0.125. The molecule has 1 atom stereocenters. The van der Waals surface area contributed by atoms with Crippen LogP contribution in [-0.4, -0.2) is 20.7 Å². The Morgan fingerprint density at radius 3 is 2.61 bits per heavy atom. The Labute approximate surface area is 204 Å². The number of hydrogen-bond acceptors (Lipinski definition) is 5. The highest BCUT2D eigenvalue weighted by Crippen LogP contribution is 2.40. The summed E-state index contributed by atoms with van der Waals surface area (Å²) >= 11 is 14.1. The van der Waals surface area contributed by atoms with Crippen molar-refractivity contribution in [2.24, 2.45) is 0 Å². The Morgan fingerprint density at radius 1 is 1.12 bits per heavy atom. The van der Waals surface area contributed by atoms with Crippen LogP contribution in [-0.2, 0) is 4.79 Å². The summed E-state index contributed by atoms with van der Waals surface area (Å²) in [7, 11) is 0. The van der Waals surface area contributed by atoms with Crippen LogP contribution < -0.4 is 10.6 Å². The van der Waals surface area contributed by atoms with Crippen molar-refractivity contribution in [3.8, 4) is 11.4 Å². The lowest BCUT2D eigenvalue weighted by molar-refractivity contribution is -0.113. The highest BCUT2D eigenvalue weighted by Gasteiger charge is 2.36. The van der Waals surface area contributed by atoms with Gasteiger partial charge in [-0.25, -0.2) is 4.68 Å². The third-order valence-electron chi connectivity index (χ3n) is 5.45. The minimum absolute atomic E-state index is 0.198. The van der Waals surface area contributed by atoms with Crippen LogP contribution in [0.15, 0.2) is 71.2 Å². The van der Waals surface area contributed by atoms with Crippen LogP contribution in [0.5, 0.6) is 0 Å². The number of halogens is 2. The van der Waals surface area contributed by atoms with Gasteiger partial charge in [0.25, 0.3) is 5.91 Å². The summed E-state index contributed by atoms with van der Waals surface area (Å²) < 4.78 is 1.76. The monoisotopic (exact) mass is 495 g/mol. The molecule has 0 bridgehead atoms. The third-order valence-corrected chi connectivity index (χ3v) is 7.07. The molecule has 4 aromatic rings. The summed E-state index contributed by atoms with van der Waals surface area (Å²) in [5.74, 6) is 0.801. The van der Waals surface area contributed by atoms with Gasteiger partial charge < -0.3 is 10.6 Å². The fourth-order valence-electron chi connectivity index (χ4n) is 3.86.